The molecule has 0 bridgehead atoms. The molecule has 0 spiro atoms. The van der Waals surface area contributed by atoms with Crippen LogP contribution in [-0.2, 0) is 11.3 Å². The Labute approximate surface area is 176 Å². The standard InChI is InChI=1S/C17H28N4OS2.HI/c1-2-18-16(19-11-15-3-9-23-12-15)20-13-17(4-10-24-14-17)21-5-7-22-8-6-21;/h3,9,12H,2,4-8,10-11,13-14H2,1H3,(H2,18,19,20);1H. The number of rotatable bonds is 6. The highest BCUT2D eigenvalue weighted by molar-refractivity contribution is 14.0. The van der Waals surface area contributed by atoms with Gasteiger partial charge in [0.2, 0.25) is 0 Å². The van der Waals surface area contributed by atoms with Crippen molar-refractivity contribution in [1.29, 1.82) is 0 Å². The SMILES string of the molecule is CCNC(=NCc1ccsc1)NCC1(N2CCOCC2)CCSC1.I. The van der Waals surface area contributed by atoms with Crippen molar-refractivity contribution in [3.8, 4) is 0 Å². The largest absolute Gasteiger partial charge is 0.379 e. The minimum atomic E-state index is 0. The lowest BCUT2D eigenvalue weighted by molar-refractivity contribution is -0.0120. The van der Waals surface area contributed by atoms with Crippen LogP contribution in [0, 0.1) is 0 Å². The zero-order valence-corrected chi connectivity index (χ0v) is 18.8. The van der Waals surface area contributed by atoms with E-state index in [-0.39, 0.29) is 29.5 Å². The first-order valence-corrected chi connectivity index (χ1v) is 10.9. The molecule has 1 unspecified atom stereocenters. The first-order valence-electron chi connectivity index (χ1n) is 8.76. The Bertz CT molecular complexity index is 515. The molecule has 3 rings (SSSR count). The Hall–Kier alpha value is -0.0300. The first kappa shape index (κ1) is 21.3. The van der Waals surface area contributed by atoms with Gasteiger partial charge in [-0.25, -0.2) is 4.99 Å². The Morgan fingerprint density at radius 3 is 2.84 bits per heavy atom. The van der Waals surface area contributed by atoms with Crippen LogP contribution in [0.3, 0.4) is 0 Å². The van der Waals surface area contributed by atoms with Crippen molar-refractivity contribution in [3.05, 3.63) is 22.4 Å². The topological polar surface area (TPSA) is 48.9 Å². The minimum Gasteiger partial charge on any atom is -0.379 e. The molecule has 0 saturated carbocycles. The third-order valence-electron chi connectivity index (χ3n) is 4.69. The van der Waals surface area contributed by atoms with E-state index in [9.17, 15) is 0 Å². The van der Waals surface area contributed by atoms with E-state index in [2.05, 4.69) is 51.0 Å². The lowest BCUT2D eigenvalue weighted by Crippen LogP contribution is -2.60. The number of hydrogen-bond donors (Lipinski definition) is 2. The predicted octanol–water partition coefficient (Wildman–Crippen LogP) is 2.63. The van der Waals surface area contributed by atoms with E-state index >= 15 is 0 Å². The number of thiophene rings is 1. The van der Waals surface area contributed by atoms with Gasteiger partial charge in [0.05, 0.1) is 19.8 Å². The minimum absolute atomic E-state index is 0. The normalized spacial score (nSPS) is 24.8. The predicted molar refractivity (Wildman–Crippen MR) is 120 cm³/mol. The van der Waals surface area contributed by atoms with Crippen LogP contribution in [0.15, 0.2) is 21.8 Å². The van der Waals surface area contributed by atoms with Gasteiger partial charge in [0, 0.05) is 37.5 Å². The van der Waals surface area contributed by atoms with Crippen LogP contribution in [0.4, 0.5) is 0 Å². The number of nitrogens with one attached hydrogen (secondary N) is 2. The van der Waals surface area contributed by atoms with Crippen LogP contribution < -0.4 is 10.6 Å². The number of thioether (sulfide) groups is 1. The van der Waals surface area contributed by atoms with Gasteiger partial charge in [-0.1, -0.05) is 0 Å². The van der Waals surface area contributed by atoms with Crippen LogP contribution in [-0.4, -0.2) is 67.3 Å². The molecule has 2 aliphatic heterocycles. The third kappa shape index (κ3) is 5.98. The summed E-state index contributed by atoms with van der Waals surface area (Å²) in [6.07, 6.45) is 1.24. The van der Waals surface area contributed by atoms with Crippen LogP contribution in [0.25, 0.3) is 0 Å². The van der Waals surface area contributed by atoms with E-state index < -0.39 is 0 Å². The maximum absolute atomic E-state index is 5.54. The summed E-state index contributed by atoms with van der Waals surface area (Å²) in [4.78, 5) is 7.38. The zero-order valence-electron chi connectivity index (χ0n) is 14.8. The number of morpholine rings is 1. The maximum Gasteiger partial charge on any atom is 0.191 e. The van der Waals surface area contributed by atoms with Gasteiger partial charge in [-0.3, -0.25) is 4.90 Å². The first-order chi connectivity index (χ1) is 11.8. The Kier molecular flexibility index (Phi) is 9.33. The molecule has 0 aromatic carbocycles. The van der Waals surface area contributed by atoms with Gasteiger partial charge in [-0.05, 0) is 41.5 Å². The molecule has 1 aromatic rings. The zero-order chi connectivity index (χ0) is 16.7. The van der Waals surface area contributed by atoms with Crippen molar-refractivity contribution in [2.45, 2.75) is 25.4 Å². The van der Waals surface area contributed by atoms with Gasteiger partial charge in [0.15, 0.2) is 5.96 Å². The Balaban J connectivity index is 0.00000225. The van der Waals surface area contributed by atoms with Crippen LogP contribution >= 0.6 is 47.1 Å². The van der Waals surface area contributed by atoms with Crippen molar-refractivity contribution in [3.63, 3.8) is 0 Å². The van der Waals surface area contributed by atoms with E-state index in [1.54, 1.807) is 11.3 Å². The lowest BCUT2D eigenvalue weighted by Gasteiger charge is -2.43. The molecule has 5 nitrogen and oxygen atoms in total. The second kappa shape index (κ2) is 11.0. The molecule has 142 valence electrons. The maximum atomic E-state index is 5.54. The van der Waals surface area contributed by atoms with E-state index in [1.807, 2.05) is 0 Å². The third-order valence-corrected chi connectivity index (χ3v) is 6.66. The molecule has 2 saturated heterocycles. The number of halogens is 1. The van der Waals surface area contributed by atoms with Crippen LogP contribution in [0.2, 0.25) is 0 Å². The fourth-order valence-corrected chi connectivity index (χ4v) is 5.42. The smallest absolute Gasteiger partial charge is 0.191 e. The van der Waals surface area contributed by atoms with Crippen molar-refractivity contribution in [1.82, 2.24) is 15.5 Å². The molecule has 2 fully saturated rings. The molecule has 0 aliphatic carbocycles. The van der Waals surface area contributed by atoms with Crippen molar-refractivity contribution in [2.24, 2.45) is 4.99 Å². The Morgan fingerprint density at radius 2 is 2.20 bits per heavy atom. The molecular weight excluding hydrogens is 467 g/mol. The number of hydrogen-bond acceptors (Lipinski definition) is 5. The van der Waals surface area contributed by atoms with E-state index in [1.165, 1.54) is 23.5 Å². The highest BCUT2D eigenvalue weighted by Gasteiger charge is 2.40. The molecule has 3 heterocycles. The quantitative estimate of drug-likeness (QED) is 0.361. The van der Waals surface area contributed by atoms with Crippen LogP contribution in [0.1, 0.15) is 18.9 Å². The summed E-state index contributed by atoms with van der Waals surface area (Å²) in [5.41, 5.74) is 1.52. The van der Waals surface area contributed by atoms with Crippen molar-refractivity contribution >= 4 is 53.0 Å². The summed E-state index contributed by atoms with van der Waals surface area (Å²) in [5, 5.41) is 11.3. The monoisotopic (exact) mass is 496 g/mol. The molecule has 0 amide bonds. The summed E-state index contributed by atoms with van der Waals surface area (Å²) in [5.74, 6) is 3.37. The summed E-state index contributed by atoms with van der Waals surface area (Å²) in [6, 6.07) is 2.14. The number of ether oxygens (including phenoxy) is 1. The van der Waals surface area contributed by atoms with E-state index in [0.717, 1.165) is 51.9 Å². The Morgan fingerprint density at radius 1 is 1.36 bits per heavy atom. The van der Waals surface area contributed by atoms with Crippen molar-refractivity contribution in [2.75, 3.05) is 50.9 Å². The second-order valence-corrected chi connectivity index (χ2v) is 8.19. The highest BCUT2D eigenvalue weighted by Crippen LogP contribution is 2.33. The average Bonchev–Trinajstić information content (AvgIpc) is 3.31. The van der Waals surface area contributed by atoms with Gasteiger partial charge < -0.3 is 15.4 Å². The van der Waals surface area contributed by atoms with Crippen molar-refractivity contribution < 1.29 is 4.74 Å². The van der Waals surface area contributed by atoms with E-state index in [4.69, 9.17) is 9.73 Å². The fourth-order valence-electron chi connectivity index (χ4n) is 3.28. The molecule has 0 radical (unpaired) electrons. The summed E-state index contributed by atoms with van der Waals surface area (Å²) in [7, 11) is 0. The van der Waals surface area contributed by atoms with E-state index in [0.29, 0.717) is 0 Å². The fraction of sp³-hybridized carbons (Fsp3) is 0.706. The molecule has 2 aliphatic rings. The molecule has 1 aromatic heterocycles. The number of nitrogens with zero attached hydrogens (tertiary/aromatic N) is 2. The molecule has 8 heteroatoms. The summed E-state index contributed by atoms with van der Waals surface area (Å²) in [6.45, 7) is 8.50. The van der Waals surface area contributed by atoms with Gasteiger partial charge in [-0.2, -0.15) is 23.1 Å². The molecule has 2 N–H and O–H groups in total. The summed E-state index contributed by atoms with van der Waals surface area (Å²) >= 11 is 3.79. The van der Waals surface area contributed by atoms with Gasteiger partial charge in [-0.15, -0.1) is 24.0 Å². The lowest BCUT2D eigenvalue weighted by atomic mass is 9.95. The number of aliphatic imine (C=N–C) groups is 1. The highest BCUT2D eigenvalue weighted by atomic mass is 127. The van der Waals surface area contributed by atoms with Gasteiger partial charge in [0.25, 0.3) is 0 Å². The summed E-state index contributed by atoms with van der Waals surface area (Å²) < 4.78 is 5.54. The average molecular weight is 496 g/mol. The molecule has 25 heavy (non-hydrogen) atoms. The van der Waals surface area contributed by atoms with Gasteiger partial charge >= 0.3 is 0 Å². The van der Waals surface area contributed by atoms with Crippen LogP contribution in [0.5, 0.6) is 0 Å². The molecule has 1 atom stereocenters. The number of guanidine groups is 1. The van der Waals surface area contributed by atoms with Gasteiger partial charge in [0.1, 0.15) is 0 Å². The second-order valence-electron chi connectivity index (χ2n) is 6.31. The molecular formula is C17H29IN4OS2.